The molecule has 1 aliphatic carbocycles. The first-order valence-electron chi connectivity index (χ1n) is 14.3. The molecule has 1 N–H and O–H groups in total. The summed E-state index contributed by atoms with van der Waals surface area (Å²) in [7, 11) is 0. The summed E-state index contributed by atoms with van der Waals surface area (Å²) in [6, 6.07) is 12.1. The third-order valence-electron chi connectivity index (χ3n) is 8.50. The molecule has 9 heteroatoms. The van der Waals surface area contributed by atoms with E-state index in [1.165, 1.54) is 25.5 Å². The molecule has 2 atom stereocenters. The molecule has 5 rings (SSSR count). The van der Waals surface area contributed by atoms with Gasteiger partial charge < -0.3 is 20.0 Å². The Labute approximate surface area is 234 Å². The molecule has 212 valence electrons. The molecule has 8 nitrogen and oxygen atoms in total. The fourth-order valence-electron chi connectivity index (χ4n) is 6.33. The molecule has 1 saturated carbocycles. The van der Waals surface area contributed by atoms with Crippen LogP contribution in [0.1, 0.15) is 67.8 Å². The molecule has 0 aromatic heterocycles. The van der Waals surface area contributed by atoms with Gasteiger partial charge in [0.05, 0.1) is 6.54 Å². The third kappa shape index (κ3) is 6.18. The SMILES string of the molecule is CC(=O)c1ccc(NC(=O)N2CCC(=O)N3[C@@H]2CN(CCc2cccc(F)c2)C(=O)[C@@H]3CC2CCCCC2)cc1. The maximum absolute atomic E-state index is 13.9. The predicted molar refractivity (Wildman–Crippen MR) is 149 cm³/mol. The third-order valence-corrected chi connectivity index (χ3v) is 8.50. The average Bonchev–Trinajstić information content (AvgIpc) is 2.94. The number of carbonyl (C=O) groups excluding carboxylic acids is 4. The van der Waals surface area contributed by atoms with Crippen LogP contribution in [0.15, 0.2) is 48.5 Å². The number of nitrogens with zero attached hydrogens (tertiary/aromatic N) is 3. The van der Waals surface area contributed by atoms with Crippen molar-refractivity contribution < 1.29 is 23.6 Å². The van der Waals surface area contributed by atoms with E-state index in [2.05, 4.69) is 5.32 Å². The van der Waals surface area contributed by atoms with E-state index >= 15 is 0 Å². The zero-order valence-electron chi connectivity index (χ0n) is 23.0. The summed E-state index contributed by atoms with van der Waals surface area (Å²) in [6.45, 7) is 2.32. The standard InChI is InChI=1S/C31H37FN4O4/c1-21(37)24-10-12-26(13-11-24)33-31(40)35-17-15-29(38)36-27(19-22-6-3-2-4-7-22)30(39)34(20-28(35)36)16-14-23-8-5-9-25(32)18-23/h5,8-13,18,22,27-28H,2-4,6-7,14-17,19-20H2,1H3,(H,33,40)/t27-,28+/m0/s1. The number of Topliss-reactive ketones (excluding diaryl/α,β-unsaturated/α-hetero) is 1. The molecule has 2 aromatic rings. The van der Waals surface area contributed by atoms with Crippen LogP contribution in [0.4, 0.5) is 14.9 Å². The molecule has 4 amide bonds. The summed E-state index contributed by atoms with van der Waals surface area (Å²) in [5, 5.41) is 2.90. The summed E-state index contributed by atoms with van der Waals surface area (Å²) in [6.07, 6.45) is 6.19. The predicted octanol–water partition coefficient (Wildman–Crippen LogP) is 4.84. The Morgan fingerprint density at radius 2 is 1.77 bits per heavy atom. The van der Waals surface area contributed by atoms with Crippen LogP contribution < -0.4 is 5.32 Å². The lowest BCUT2D eigenvalue weighted by Crippen LogP contribution is -2.71. The Bertz CT molecular complexity index is 1260. The second-order valence-corrected chi connectivity index (χ2v) is 11.2. The van der Waals surface area contributed by atoms with Crippen molar-refractivity contribution in [3.63, 3.8) is 0 Å². The highest BCUT2D eigenvalue weighted by Gasteiger charge is 2.49. The van der Waals surface area contributed by atoms with Crippen molar-refractivity contribution in [3.05, 3.63) is 65.5 Å². The lowest BCUT2D eigenvalue weighted by atomic mass is 9.83. The van der Waals surface area contributed by atoms with Gasteiger partial charge in [-0.3, -0.25) is 14.4 Å². The zero-order valence-corrected chi connectivity index (χ0v) is 23.0. The molecule has 0 bridgehead atoms. The molecule has 0 spiro atoms. The van der Waals surface area contributed by atoms with Gasteiger partial charge in [-0.05, 0) is 67.6 Å². The van der Waals surface area contributed by atoms with E-state index in [0.717, 1.165) is 31.2 Å². The van der Waals surface area contributed by atoms with Crippen molar-refractivity contribution >= 4 is 29.3 Å². The normalized spacial score (nSPS) is 21.8. The van der Waals surface area contributed by atoms with Gasteiger partial charge >= 0.3 is 6.03 Å². The van der Waals surface area contributed by atoms with Crippen LogP contribution in [0, 0.1) is 11.7 Å². The van der Waals surface area contributed by atoms with Gasteiger partial charge in [-0.1, -0.05) is 44.2 Å². The van der Waals surface area contributed by atoms with Crippen LogP contribution in [0.5, 0.6) is 0 Å². The van der Waals surface area contributed by atoms with E-state index in [1.54, 1.807) is 45.0 Å². The molecule has 2 aliphatic heterocycles. The number of anilines is 1. The molecule has 0 radical (unpaired) electrons. The van der Waals surface area contributed by atoms with Crippen molar-refractivity contribution in [2.24, 2.45) is 5.92 Å². The minimum Gasteiger partial charge on any atom is -0.337 e. The molecule has 40 heavy (non-hydrogen) atoms. The zero-order chi connectivity index (χ0) is 28.2. The van der Waals surface area contributed by atoms with Gasteiger partial charge in [0.15, 0.2) is 5.78 Å². The van der Waals surface area contributed by atoms with E-state index in [4.69, 9.17) is 0 Å². The topological polar surface area (TPSA) is 90.0 Å². The molecule has 2 heterocycles. The van der Waals surface area contributed by atoms with E-state index in [1.807, 2.05) is 6.07 Å². The summed E-state index contributed by atoms with van der Waals surface area (Å²) >= 11 is 0. The lowest BCUT2D eigenvalue weighted by molar-refractivity contribution is -0.167. The number of urea groups is 1. The van der Waals surface area contributed by atoms with Gasteiger partial charge in [-0.25, -0.2) is 9.18 Å². The highest BCUT2D eigenvalue weighted by molar-refractivity contribution is 5.96. The fraction of sp³-hybridized carbons (Fsp3) is 0.484. The monoisotopic (exact) mass is 548 g/mol. The minimum absolute atomic E-state index is 0.0581. The van der Waals surface area contributed by atoms with Gasteiger partial charge in [0, 0.05) is 30.8 Å². The van der Waals surface area contributed by atoms with E-state index < -0.39 is 12.2 Å². The Morgan fingerprint density at radius 3 is 2.48 bits per heavy atom. The fourth-order valence-corrected chi connectivity index (χ4v) is 6.33. The summed E-state index contributed by atoms with van der Waals surface area (Å²) in [5.74, 6) is -0.200. The second-order valence-electron chi connectivity index (χ2n) is 11.2. The Kier molecular flexibility index (Phi) is 8.47. The number of benzene rings is 2. The van der Waals surface area contributed by atoms with Gasteiger partial charge in [0.1, 0.15) is 18.0 Å². The van der Waals surface area contributed by atoms with E-state index in [9.17, 15) is 23.6 Å². The molecular formula is C31H37FN4O4. The lowest BCUT2D eigenvalue weighted by Gasteiger charge is -2.52. The van der Waals surface area contributed by atoms with Crippen molar-refractivity contribution in [1.29, 1.82) is 0 Å². The summed E-state index contributed by atoms with van der Waals surface area (Å²) in [4.78, 5) is 57.4. The van der Waals surface area contributed by atoms with Crippen LogP contribution in [0.3, 0.4) is 0 Å². The largest absolute Gasteiger partial charge is 0.337 e. The average molecular weight is 549 g/mol. The van der Waals surface area contributed by atoms with Crippen LogP contribution in [-0.2, 0) is 16.0 Å². The highest BCUT2D eigenvalue weighted by atomic mass is 19.1. The molecule has 2 saturated heterocycles. The van der Waals surface area contributed by atoms with Gasteiger partial charge in [-0.15, -0.1) is 0 Å². The first-order chi connectivity index (χ1) is 19.3. The number of hydrogen-bond donors (Lipinski definition) is 1. The van der Waals surface area contributed by atoms with Crippen LogP contribution in [0.25, 0.3) is 0 Å². The molecule has 0 unspecified atom stereocenters. The van der Waals surface area contributed by atoms with Crippen molar-refractivity contribution in [2.75, 3.05) is 25.0 Å². The molecular weight excluding hydrogens is 511 g/mol. The second kappa shape index (κ2) is 12.2. The van der Waals surface area contributed by atoms with Crippen molar-refractivity contribution in [3.8, 4) is 0 Å². The van der Waals surface area contributed by atoms with Crippen molar-refractivity contribution in [1.82, 2.24) is 14.7 Å². The maximum atomic E-state index is 13.9. The minimum atomic E-state index is -0.618. The number of fused-ring (bicyclic) bond motifs is 1. The van der Waals surface area contributed by atoms with E-state index in [0.29, 0.717) is 36.6 Å². The van der Waals surface area contributed by atoms with Gasteiger partial charge in [-0.2, -0.15) is 0 Å². The Hall–Kier alpha value is -3.75. The van der Waals surface area contributed by atoms with Crippen LogP contribution in [0.2, 0.25) is 0 Å². The molecule has 3 aliphatic rings. The highest BCUT2D eigenvalue weighted by Crippen LogP contribution is 2.34. The Balaban J connectivity index is 1.38. The Morgan fingerprint density at radius 1 is 1.02 bits per heavy atom. The van der Waals surface area contributed by atoms with Crippen molar-refractivity contribution in [2.45, 2.75) is 70.5 Å². The summed E-state index contributed by atoms with van der Waals surface area (Å²) < 4.78 is 13.8. The number of halogens is 1. The number of piperazine rings is 1. The van der Waals surface area contributed by atoms with E-state index in [-0.39, 0.29) is 49.0 Å². The number of ketones is 1. The smallest absolute Gasteiger partial charge is 0.323 e. The number of carbonyl (C=O) groups is 4. The molecule has 2 aromatic carbocycles. The maximum Gasteiger partial charge on any atom is 0.323 e. The van der Waals surface area contributed by atoms with Gasteiger partial charge in [0.2, 0.25) is 11.8 Å². The first kappa shape index (κ1) is 27.8. The van der Waals surface area contributed by atoms with Crippen LogP contribution in [-0.4, -0.2) is 70.2 Å². The number of amides is 4. The number of hydrogen-bond acceptors (Lipinski definition) is 4. The van der Waals surface area contributed by atoms with Crippen LogP contribution >= 0.6 is 0 Å². The first-order valence-corrected chi connectivity index (χ1v) is 14.3. The quantitative estimate of drug-likeness (QED) is 0.501. The summed E-state index contributed by atoms with van der Waals surface area (Å²) in [5.41, 5.74) is 1.90. The molecule has 3 fully saturated rings. The number of nitrogens with one attached hydrogen (secondary N) is 1. The number of rotatable bonds is 7. The van der Waals surface area contributed by atoms with Gasteiger partial charge in [0.25, 0.3) is 0 Å².